The molecule has 0 aliphatic rings. The third kappa shape index (κ3) is 1.42. The molecule has 3 nitrogen and oxygen atoms in total. The van der Waals surface area contributed by atoms with Crippen LogP contribution in [0.25, 0.3) is 0 Å². The number of nitrogens with zero attached hydrogens (tertiary/aromatic N) is 2. The maximum absolute atomic E-state index is 5.57. The standard InChI is InChI=1S/C6H10ClN3/c1-5-4-6(8)10(9-5)3-2-7/h4H,2-3,8H2,1H3. The minimum Gasteiger partial charge on any atom is -0.384 e. The monoisotopic (exact) mass is 159 g/mol. The Morgan fingerprint density at radius 2 is 2.50 bits per heavy atom. The number of hydrogen-bond acceptors (Lipinski definition) is 2. The molecule has 1 heterocycles. The molecule has 56 valence electrons. The van der Waals surface area contributed by atoms with Gasteiger partial charge in [0.05, 0.1) is 12.2 Å². The summed E-state index contributed by atoms with van der Waals surface area (Å²) in [6.45, 7) is 2.59. The van der Waals surface area contributed by atoms with Gasteiger partial charge in [-0.3, -0.25) is 0 Å². The second kappa shape index (κ2) is 2.92. The molecule has 0 atom stereocenters. The number of anilines is 1. The molecule has 0 unspecified atom stereocenters. The average Bonchev–Trinajstić information content (AvgIpc) is 2.13. The van der Waals surface area contributed by atoms with E-state index in [9.17, 15) is 0 Å². The second-order valence-electron chi connectivity index (χ2n) is 2.12. The van der Waals surface area contributed by atoms with Crippen LogP contribution in [0.15, 0.2) is 6.07 Å². The van der Waals surface area contributed by atoms with E-state index in [4.69, 9.17) is 17.3 Å². The van der Waals surface area contributed by atoms with Crippen molar-refractivity contribution in [2.75, 3.05) is 11.6 Å². The van der Waals surface area contributed by atoms with Crippen molar-refractivity contribution in [1.29, 1.82) is 0 Å². The number of nitrogens with two attached hydrogens (primary N) is 1. The molecule has 0 radical (unpaired) electrons. The molecule has 0 aliphatic heterocycles. The molecule has 0 saturated carbocycles. The van der Waals surface area contributed by atoms with E-state index in [1.54, 1.807) is 4.68 Å². The predicted octanol–water partition coefficient (Wildman–Crippen LogP) is 1.01. The molecule has 1 aromatic rings. The van der Waals surface area contributed by atoms with Crippen molar-refractivity contribution in [3.05, 3.63) is 11.8 Å². The number of halogens is 1. The third-order valence-corrected chi connectivity index (χ3v) is 1.40. The summed E-state index contributed by atoms with van der Waals surface area (Å²) in [5, 5.41) is 4.11. The highest BCUT2D eigenvalue weighted by atomic mass is 35.5. The molecular weight excluding hydrogens is 150 g/mol. The van der Waals surface area contributed by atoms with Crippen molar-refractivity contribution in [2.24, 2.45) is 0 Å². The lowest BCUT2D eigenvalue weighted by atomic mass is 10.5. The summed E-state index contributed by atoms with van der Waals surface area (Å²) < 4.78 is 1.70. The first-order valence-electron chi connectivity index (χ1n) is 3.10. The van der Waals surface area contributed by atoms with E-state index in [1.807, 2.05) is 13.0 Å². The molecule has 2 N–H and O–H groups in total. The first-order valence-corrected chi connectivity index (χ1v) is 3.63. The molecule has 0 saturated heterocycles. The Balaban J connectivity index is 2.81. The molecule has 1 aromatic heterocycles. The Kier molecular flexibility index (Phi) is 2.17. The molecule has 0 fully saturated rings. The molecule has 0 spiro atoms. The van der Waals surface area contributed by atoms with Gasteiger partial charge in [-0.15, -0.1) is 11.6 Å². The molecule has 4 heteroatoms. The smallest absolute Gasteiger partial charge is 0.121 e. The first-order chi connectivity index (χ1) is 4.74. The van der Waals surface area contributed by atoms with E-state index in [2.05, 4.69) is 5.10 Å². The maximum Gasteiger partial charge on any atom is 0.121 e. The highest BCUT2D eigenvalue weighted by Gasteiger charge is 1.98. The summed E-state index contributed by atoms with van der Waals surface area (Å²) in [4.78, 5) is 0. The molecule has 1 rings (SSSR count). The summed E-state index contributed by atoms with van der Waals surface area (Å²) in [5.41, 5.74) is 6.50. The lowest BCUT2D eigenvalue weighted by Crippen LogP contribution is -2.05. The lowest BCUT2D eigenvalue weighted by molar-refractivity contribution is 0.667. The fourth-order valence-corrected chi connectivity index (χ4v) is 0.985. The van der Waals surface area contributed by atoms with E-state index in [1.165, 1.54) is 0 Å². The maximum atomic E-state index is 5.57. The van der Waals surface area contributed by atoms with Crippen LogP contribution in [0.4, 0.5) is 5.82 Å². The van der Waals surface area contributed by atoms with Crippen LogP contribution in [0.3, 0.4) is 0 Å². The highest BCUT2D eigenvalue weighted by Crippen LogP contribution is 2.04. The van der Waals surface area contributed by atoms with E-state index in [0.29, 0.717) is 18.2 Å². The lowest BCUT2D eigenvalue weighted by Gasteiger charge is -1.97. The fourth-order valence-electron chi connectivity index (χ4n) is 0.825. The number of hydrogen-bond donors (Lipinski definition) is 1. The van der Waals surface area contributed by atoms with Crippen LogP contribution in [0.1, 0.15) is 5.69 Å². The molecule has 0 aliphatic carbocycles. The van der Waals surface area contributed by atoms with Gasteiger partial charge < -0.3 is 5.73 Å². The third-order valence-electron chi connectivity index (χ3n) is 1.23. The van der Waals surface area contributed by atoms with E-state index in [-0.39, 0.29) is 0 Å². The van der Waals surface area contributed by atoms with Gasteiger partial charge in [0.15, 0.2) is 0 Å². The minimum absolute atomic E-state index is 0.547. The van der Waals surface area contributed by atoms with Gasteiger partial charge in [-0.05, 0) is 6.92 Å². The SMILES string of the molecule is Cc1cc(N)n(CCCl)n1. The molecule has 0 bridgehead atoms. The molecule has 0 amide bonds. The van der Waals surface area contributed by atoms with Gasteiger partial charge in [0.25, 0.3) is 0 Å². The second-order valence-corrected chi connectivity index (χ2v) is 2.50. The van der Waals surface area contributed by atoms with E-state index in [0.717, 1.165) is 5.69 Å². The van der Waals surface area contributed by atoms with Crippen LogP contribution in [0, 0.1) is 6.92 Å². The van der Waals surface area contributed by atoms with Crippen LogP contribution in [-0.2, 0) is 6.54 Å². The van der Waals surface area contributed by atoms with Gasteiger partial charge >= 0.3 is 0 Å². The van der Waals surface area contributed by atoms with Crippen molar-refractivity contribution in [3.8, 4) is 0 Å². The number of aromatic nitrogens is 2. The van der Waals surface area contributed by atoms with Crippen molar-refractivity contribution in [1.82, 2.24) is 9.78 Å². The Bertz CT molecular complexity index is 219. The summed E-state index contributed by atoms with van der Waals surface area (Å²) >= 11 is 5.50. The minimum atomic E-state index is 0.547. The first kappa shape index (κ1) is 7.41. The van der Waals surface area contributed by atoms with Crippen LogP contribution in [0.5, 0.6) is 0 Å². The van der Waals surface area contributed by atoms with Crippen molar-refractivity contribution < 1.29 is 0 Å². The molecule has 10 heavy (non-hydrogen) atoms. The Hall–Kier alpha value is -0.700. The van der Waals surface area contributed by atoms with Crippen LogP contribution in [-0.4, -0.2) is 15.7 Å². The predicted molar refractivity (Wildman–Crippen MR) is 42.1 cm³/mol. The summed E-state index contributed by atoms with van der Waals surface area (Å²) in [6.07, 6.45) is 0. The zero-order chi connectivity index (χ0) is 7.56. The van der Waals surface area contributed by atoms with Gasteiger partial charge in [-0.25, -0.2) is 4.68 Å². The Morgan fingerprint density at radius 3 is 2.90 bits per heavy atom. The molecule has 0 aromatic carbocycles. The van der Waals surface area contributed by atoms with Crippen LogP contribution >= 0.6 is 11.6 Å². The number of rotatable bonds is 2. The molecular formula is C6H10ClN3. The topological polar surface area (TPSA) is 43.8 Å². The van der Waals surface area contributed by atoms with Crippen molar-refractivity contribution in [3.63, 3.8) is 0 Å². The van der Waals surface area contributed by atoms with E-state index < -0.39 is 0 Å². The Labute approximate surface area is 64.8 Å². The number of nitrogen functional groups attached to an aromatic ring is 1. The fraction of sp³-hybridized carbons (Fsp3) is 0.500. The summed E-state index contributed by atoms with van der Waals surface area (Å²) in [6, 6.07) is 1.83. The summed E-state index contributed by atoms with van der Waals surface area (Å²) in [7, 11) is 0. The Morgan fingerprint density at radius 1 is 1.80 bits per heavy atom. The van der Waals surface area contributed by atoms with Crippen LogP contribution in [0.2, 0.25) is 0 Å². The largest absolute Gasteiger partial charge is 0.384 e. The van der Waals surface area contributed by atoms with Gasteiger partial charge in [-0.1, -0.05) is 0 Å². The van der Waals surface area contributed by atoms with E-state index >= 15 is 0 Å². The normalized spacial score (nSPS) is 10.2. The number of alkyl halides is 1. The van der Waals surface area contributed by atoms with Gasteiger partial charge in [-0.2, -0.15) is 5.10 Å². The summed E-state index contributed by atoms with van der Waals surface area (Å²) in [5.74, 6) is 1.23. The highest BCUT2D eigenvalue weighted by molar-refractivity contribution is 6.17. The van der Waals surface area contributed by atoms with Gasteiger partial charge in [0.2, 0.25) is 0 Å². The number of aryl methyl sites for hydroxylation is 2. The van der Waals surface area contributed by atoms with Crippen molar-refractivity contribution in [2.45, 2.75) is 13.5 Å². The van der Waals surface area contributed by atoms with Crippen LogP contribution < -0.4 is 5.73 Å². The van der Waals surface area contributed by atoms with Crippen molar-refractivity contribution >= 4 is 17.4 Å². The zero-order valence-corrected chi connectivity index (χ0v) is 6.60. The van der Waals surface area contributed by atoms with Gasteiger partial charge in [0.1, 0.15) is 5.82 Å². The van der Waals surface area contributed by atoms with Gasteiger partial charge in [0, 0.05) is 11.9 Å². The quantitative estimate of drug-likeness (QED) is 0.655. The average molecular weight is 160 g/mol. The zero-order valence-electron chi connectivity index (χ0n) is 5.84.